The van der Waals surface area contributed by atoms with Crippen molar-refractivity contribution in [2.45, 2.75) is 38.1 Å². The van der Waals surface area contributed by atoms with E-state index in [0.29, 0.717) is 13.0 Å². The maximum absolute atomic E-state index is 12.4. The summed E-state index contributed by atoms with van der Waals surface area (Å²) in [7, 11) is -1.27. The Morgan fingerprint density at radius 3 is 2.78 bits per heavy atom. The molecule has 0 fully saturated rings. The van der Waals surface area contributed by atoms with Gasteiger partial charge >= 0.3 is 6.03 Å². The summed E-state index contributed by atoms with van der Waals surface area (Å²) >= 11 is 0. The first-order chi connectivity index (χ1) is 10.9. The Kier molecular flexibility index (Phi) is 6.04. The van der Waals surface area contributed by atoms with Crippen molar-refractivity contribution in [1.82, 2.24) is 10.2 Å². The fourth-order valence-corrected chi connectivity index (χ4v) is 3.65. The number of nitrogens with zero attached hydrogens (tertiary/aromatic N) is 1. The van der Waals surface area contributed by atoms with Crippen molar-refractivity contribution >= 4 is 15.9 Å². The SMILES string of the molecule is CN(CCCS(C)(=O)=O)C(=O)N[C@@H]1CCCCc2ccccc21. The number of benzene rings is 1. The number of rotatable bonds is 5. The average Bonchev–Trinajstić information content (AvgIpc) is 2.68. The maximum atomic E-state index is 12.4. The zero-order valence-corrected chi connectivity index (χ0v) is 14.7. The Hall–Kier alpha value is -1.56. The van der Waals surface area contributed by atoms with Crippen LogP contribution in [0.1, 0.15) is 42.9 Å². The van der Waals surface area contributed by atoms with Crippen LogP contribution in [0.2, 0.25) is 0 Å². The molecule has 0 bridgehead atoms. The van der Waals surface area contributed by atoms with E-state index in [-0.39, 0.29) is 17.8 Å². The van der Waals surface area contributed by atoms with E-state index in [2.05, 4.69) is 17.4 Å². The number of sulfone groups is 1. The number of urea groups is 1. The van der Waals surface area contributed by atoms with Gasteiger partial charge in [-0.05, 0) is 36.8 Å². The Bertz CT molecular complexity index is 643. The molecule has 0 heterocycles. The van der Waals surface area contributed by atoms with Gasteiger partial charge in [0, 0.05) is 19.8 Å². The summed E-state index contributed by atoms with van der Waals surface area (Å²) in [5, 5.41) is 3.10. The molecule has 0 radical (unpaired) electrons. The Morgan fingerprint density at radius 1 is 1.30 bits per heavy atom. The molecular weight excluding hydrogens is 312 g/mol. The summed E-state index contributed by atoms with van der Waals surface area (Å²) in [5.41, 5.74) is 2.53. The van der Waals surface area contributed by atoms with E-state index < -0.39 is 9.84 Å². The molecule has 1 aromatic rings. The highest BCUT2D eigenvalue weighted by Gasteiger charge is 2.21. The third-order valence-corrected chi connectivity index (χ3v) is 5.30. The third-order valence-electron chi connectivity index (χ3n) is 4.27. The molecule has 0 aromatic heterocycles. The largest absolute Gasteiger partial charge is 0.331 e. The Balaban J connectivity index is 1.94. The molecule has 6 heteroatoms. The minimum Gasteiger partial charge on any atom is -0.331 e. The van der Waals surface area contributed by atoms with Crippen molar-refractivity contribution in [2.75, 3.05) is 25.6 Å². The summed E-state index contributed by atoms with van der Waals surface area (Å²) in [5.74, 6) is 0.108. The lowest BCUT2D eigenvalue weighted by Crippen LogP contribution is -2.40. The van der Waals surface area contributed by atoms with Gasteiger partial charge in [0.1, 0.15) is 9.84 Å². The first kappa shape index (κ1) is 17.8. The second-order valence-electron chi connectivity index (χ2n) is 6.35. The van der Waals surface area contributed by atoms with Crippen LogP contribution in [0.25, 0.3) is 0 Å². The van der Waals surface area contributed by atoms with Crippen LogP contribution in [0.3, 0.4) is 0 Å². The molecule has 23 heavy (non-hydrogen) atoms. The van der Waals surface area contributed by atoms with Crippen molar-refractivity contribution < 1.29 is 13.2 Å². The summed E-state index contributed by atoms with van der Waals surface area (Å²) in [6.45, 7) is 0.438. The molecule has 0 unspecified atom stereocenters. The van der Waals surface area contributed by atoms with Gasteiger partial charge in [0.2, 0.25) is 0 Å². The van der Waals surface area contributed by atoms with E-state index in [1.807, 2.05) is 12.1 Å². The monoisotopic (exact) mass is 338 g/mol. The molecule has 1 aromatic carbocycles. The van der Waals surface area contributed by atoms with Crippen LogP contribution in [0.4, 0.5) is 4.79 Å². The second kappa shape index (κ2) is 7.81. The van der Waals surface area contributed by atoms with Crippen LogP contribution in [0, 0.1) is 0 Å². The minimum absolute atomic E-state index is 0.0403. The molecule has 2 rings (SSSR count). The molecule has 0 saturated carbocycles. The number of hydrogen-bond donors (Lipinski definition) is 1. The lowest BCUT2D eigenvalue weighted by atomic mass is 9.99. The van der Waals surface area contributed by atoms with Crippen molar-refractivity contribution in [3.8, 4) is 0 Å². The topological polar surface area (TPSA) is 66.5 Å². The average molecular weight is 338 g/mol. The standard InChI is InChI=1S/C17H26N2O3S/c1-19(12-7-13-23(2,21)22)17(20)18-16-11-6-4-9-14-8-3-5-10-15(14)16/h3,5,8,10,16H,4,6-7,9,11-13H2,1-2H3,(H,18,20)/t16-/m1/s1. The predicted molar refractivity (Wildman–Crippen MR) is 92.2 cm³/mol. The number of carbonyl (C=O) groups excluding carboxylic acids is 1. The van der Waals surface area contributed by atoms with Crippen LogP contribution >= 0.6 is 0 Å². The van der Waals surface area contributed by atoms with Gasteiger partial charge in [-0.3, -0.25) is 0 Å². The molecule has 0 aliphatic heterocycles. The number of amides is 2. The van der Waals surface area contributed by atoms with Crippen molar-refractivity contribution in [2.24, 2.45) is 0 Å². The normalized spacial score (nSPS) is 17.9. The summed E-state index contributed by atoms with van der Waals surface area (Å²) in [6.07, 6.45) is 5.93. The first-order valence-corrected chi connectivity index (χ1v) is 10.2. The molecular formula is C17H26N2O3S. The molecule has 1 N–H and O–H groups in total. The zero-order valence-electron chi connectivity index (χ0n) is 13.9. The molecule has 1 aliphatic rings. The van der Waals surface area contributed by atoms with Gasteiger partial charge in [-0.25, -0.2) is 13.2 Å². The third kappa shape index (κ3) is 5.53. The second-order valence-corrected chi connectivity index (χ2v) is 8.61. The van der Waals surface area contributed by atoms with Crippen LogP contribution in [0.5, 0.6) is 0 Å². The van der Waals surface area contributed by atoms with E-state index >= 15 is 0 Å². The highest BCUT2D eigenvalue weighted by molar-refractivity contribution is 7.90. The zero-order chi connectivity index (χ0) is 16.9. The molecule has 128 valence electrons. The van der Waals surface area contributed by atoms with E-state index in [1.54, 1.807) is 11.9 Å². The molecule has 2 amide bonds. The highest BCUT2D eigenvalue weighted by atomic mass is 32.2. The summed E-state index contributed by atoms with van der Waals surface area (Å²) in [6, 6.07) is 8.18. The van der Waals surface area contributed by atoms with E-state index in [9.17, 15) is 13.2 Å². The van der Waals surface area contributed by atoms with Gasteiger partial charge < -0.3 is 10.2 Å². The van der Waals surface area contributed by atoms with Gasteiger partial charge in [0.05, 0.1) is 11.8 Å². The minimum atomic E-state index is -2.98. The van der Waals surface area contributed by atoms with Crippen molar-refractivity contribution in [3.63, 3.8) is 0 Å². The van der Waals surface area contributed by atoms with Crippen molar-refractivity contribution in [3.05, 3.63) is 35.4 Å². The maximum Gasteiger partial charge on any atom is 0.317 e. The van der Waals surface area contributed by atoms with Crippen molar-refractivity contribution in [1.29, 1.82) is 0 Å². The van der Waals surface area contributed by atoms with Gasteiger partial charge in [-0.1, -0.05) is 30.7 Å². The van der Waals surface area contributed by atoms with Gasteiger partial charge in [-0.15, -0.1) is 0 Å². The van der Waals surface area contributed by atoms with Crippen LogP contribution in [-0.2, 0) is 16.3 Å². The lowest BCUT2D eigenvalue weighted by molar-refractivity contribution is 0.204. The van der Waals surface area contributed by atoms with Gasteiger partial charge in [0.25, 0.3) is 0 Å². The Morgan fingerprint density at radius 2 is 2.04 bits per heavy atom. The smallest absolute Gasteiger partial charge is 0.317 e. The molecule has 5 nitrogen and oxygen atoms in total. The Labute approximate surface area is 139 Å². The number of carbonyl (C=O) groups is 1. The number of fused-ring (bicyclic) bond motifs is 1. The predicted octanol–water partition coefficient (Wildman–Crippen LogP) is 2.53. The number of nitrogens with one attached hydrogen (secondary N) is 1. The number of hydrogen-bond acceptors (Lipinski definition) is 3. The highest BCUT2D eigenvalue weighted by Crippen LogP contribution is 2.28. The molecule has 1 aliphatic carbocycles. The van der Waals surface area contributed by atoms with E-state index in [1.165, 1.54) is 17.4 Å². The number of aryl methyl sites for hydroxylation is 1. The summed E-state index contributed by atoms with van der Waals surface area (Å²) < 4.78 is 22.3. The fourth-order valence-electron chi connectivity index (χ4n) is 3.00. The molecule has 1 atom stereocenters. The summed E-state index contributed by atoms with van der Waals surface area (Å²) in [4.78, 5) is 13.9. The van der Waals surface area contributed by atoms with Crippen LogP contribution in [-0.4, -0.2) is 44.9 Å². The fraction of sp³-hybridized carbons (Fsp3) is 0.588. The van der Waals surface area contributed by atoms with E-state index in [0.717, 1.165) is 25.7 Å². The van der Waals surface area contributed by atoms with E-state index in [4.69, 9.17) is 0 Å². The quantitative estimate of drug-likeness (QED) is 0.839. The lowest BCUT2D eigenvalue weighted by Gasteiger charge is -2.24. The molecule has 0 saturated heterocycles. The van der Waals surface area contributed by atoms with Crippen LogP contribution in [0.15, 0.2) is 24.3 Å². The first-order valence-electron chi connectivity index (χ1n) is 8.14. The van der Waals surface area contributed by atoms with Crippen LogP contribution < -0.4 is 5.32 Å². The van der Waals surface area contributed by atoms with Gasteiger partial charge in [0.15, 0.2) is 0 Å². The molecule has 0 spiro atoms. The van der Waals surface area contributed by atoms with Gasteiger partial charge in [-0.2, -0.15) is 0 Å².